The second kappa shape index (κ2) is 14.3. The molecule has 4 heteroatoms. The van der Waals surface area contributed by atoms with Gasteiger partial charge in [0.1, 0.15) is 23.0 Å². The molecule has 4 aromatic carbocycles. The second-order valence-electron chi connectivity index (χ2n) is 19.5. The average Bonchev–Trinajstić information content (AvgIpc) is 3.55. The van der Waals surface area contributed by atoms with Crippen LogP contribution in [0.15, 0.2) is 103 Å². The Morgan fingerprint density at radius 2 is 1.27 bits per heavy atom. The van der Waals surface area contributed by atoms with Crippen LogP contribution in [0.25, 0.3) is 0 Å². The molecule has 0 amide bonds. The predicted octanol–water partition coefficient (Wildman–Crippen LogP) is 13.9. The molecule has 0 radical (unpaired) electrons. The summed E-state index contributed by atoms with van der Waals surface area (Å²) in [6.45, 7) is 12.6. The van der Waals surface area contributed by atoms with E-state index >= 15 is 0 Å². The van der Waals surface area contributed by atoms with Crippen LogP contribution in [0.5, 0.6) is 23.0 Å². The predicted molar refractivity (Wildman–Crippen MR) is 231 cm³/mol. The van der Waals surface area contributed by atoms with Crippen LogP contribution in [0.3, 0.4) is 0 Å². The summed E-state index contributed by atoms with van der Waals surface area (Å²) in [5.74, 6) is 8.84. The van der Waals surface area contributed by atoms with Gasteiger partial charge in [0, 0.05) is 22.7 Å². The van der Waals surface area contributed by atoms with Gasteiger partial charge in [-0.1, -0.05) is 57.0 Å². The molecule has 56 heavy (non-hydrogen) atoms. The van der Waals surface area contributed by atoms with E-state index in [4.69, 9.17) is 20.9 Å². The maximum atomic E-state index is 6.49. The van der Waals surface area contributed by atoms with Gasteiger partial charge in [-0.3, -0.25) is 0 Å². The summed E-state index contributed by atoms with van der Waals surface area (Å²) in [5.41, 5.74) is 20.2. The lowest BCUT2D eigenvalue weighted by molar-refractivity contribution is -0.134. The maximum absolute atomic E-state index is 6.49. The van der Waals surface area contributed by atoms with Crippen molar-refractivity contribution in [3.63, 3.8) is 0 Å². The van der Waals surface area contributed by atoms with Crippen molar-refractivity contribution in [2.24, 2.45) is 46.3 Å². The molecule has 4 fully saturated rings. The number of nitrogen functional groups attached to an aromatic ring is 2. The summed E-state index contributed by atoms with van der Waals surface area (Å²) < 4.78 is 12.8. The first-order valence-electron chi connectivity index (χ1n) is 21.9. The molecule has 0 bridgehead atoms. The van der Waals surface area contributed by atoms with Gasteiger partial charge in [0.15, 0.2) is 0 Å². The van der Waals surface area contributed by atoms with Crippen molar-refractivity contribution < 1.29 is 9.47 Å². The summed E-state index contributed by atoms with van der Waals surface area (Å²) in [4.78, 5) is 0. The van der Waals surface area contributed by atoms with E-state index in [1.54, 1.807) is 0 Å². The van der Waals surface area contributed by atoms with Crippen molar-refractivity contribution >= 4 is 11.4 Å². The van der Waals surface area contributed by atoms with Crippen molar-refractivity contribution in [1.82, 2.24) is 0 Å². The highest BCUT2D eigenvalue weighted by molar-refractivity contribution is 5.62. The molecule has 0 spiro atoms. The van der Waals surface area contributed by atoms with Crippen molar-refractivity contribution in [1.29, 1.82) is 0 Å². The minimum absolute atomic E-state index is 0.00831. The van der Waals surface area contributed by atoms with Gasteiger partial charge in [0.25, 0.3) is 0 Å². The Morgan fingerprint density at radius 1 is 0.679 bits per heavy atom. The average molecular weight is 749 g/mol. The molecule has 4 aromatic rings. The molecule has 0 aromatic heterocycles. The molecule has 0 heterocycles. The minimum Gasteiger partial charge on any atom is -0.457 e. The van der Waals surface area contributed by atoms with Crippen LogP contribution in [0, 0.1) is 46.3 Å². The third-order valence-electron chi connectivity index (χ3n) is 16.5. The quantitative estimate of drug-likeness (QED) is 0.0962. The van der Waals surface area contributed by atoms with E-state index in [1.807, 2.05) is 48.5 Å². The summed E-state index contributed by atoms with van der Waals surface area (Å²) in [6, 6.07) is 31.5. The number of unbranched alkanes of at least 4 members (excludes halogenated alkanes) is 1. The molecule has 9 rings (SSSR count). The summed E-state index contributed by atoms with van der Waals surface area (Å²) in [6.07, 6.45) is 17.4. The van der Waals surface area contributed by atoms with E-state index in [0.717, 1.165) is 64.0 Å². The molecular formula is C52H64N2O2. The topological polar surface area (TPSA) is 70.5 Å². The van der Waals surface area contributed by atoms with Crippen LogP contribution in [-0.4, -0.2) is 0 Å². The second-order valence-corrected chi connectivity index (χ2v) is 19.5. The zero-order valence-electron chi connectivity index (χ0n) is 34.5. The van der Waals surface area contributed by atoms with Gasteiger partial charge in [0.2, 0.25) is 0 Å². The lowest BCUT2D eigenvalue weighted by atomic mass is 9.35. The van der Waals surface area contributed by atoms with Crippen LogP contribution in [0.4, 0.5) is 11.4 Å². The Bertz CT molecular complexity index is 2070. The van der Waals surface area contributed by atoms with Gasteiger partial charge >= 0.3 is 0 Å². The summed E-state index contributed by atoms with van der Waals surface area (Å²) in [5, 5.41) is 0. The lowest BCUT2D eigenvalue weighted by Crippen LogP contribution is -2.61. The highest BCUT2D eigenvalue weighted by atomic mass is 16.5. The van der Waals surface area contributed by atoms with E-state index in [-0.39, 0.29) is 5.41 Å². The molecule has 10 unspecified atom stereocenters. The first kappa shape index (κ1) is 37.4. The van der Waals surface area contributed by atoms with Gasteiger partial charge in [-0.15, -0.1) is 0 Å². The molecule has 4 saturated carbocycles. The Morgan fingerprint density at radius 3 is 1.93 bits per heavy atom. The summed E-state index contributed by atoms with van der Waals surface area (Å²) in [7, 11) is 0. The number of hydrogen-bond donors (Lipinski definition) is 2. The van der Waals surface area contributed by atoms with Gasteiger partial charge in [0.05, 0.1) is 0 Å². The van der Waals surface area contributed by atoms with Gasteiger partial charge in [-0.25, -0.2) is 0 Å². The number of allylic oxidation sites excluding steroid dienone is 2. The molecule has 5 aliphatic carbocycles. The highest BCUT2D eigenvalue weighted by Gasteiger charge is 2.67. The SMILES string of the molecule is CC(C)=CCCCC(C)C1CCC2C3CCC4C5c6cc(Oc7ccc(N)cc7)ccc6C5(c5ccc(Oc6ccc(N)cc6)cc5)CCC4(C)C3CCC12C. The number of fused-ring (bicyclic) bond motifs is 10. The van der Waals surface area contributed by atoms with Crippen LogP contribution >= 0.6 is 0 Å². The van der Waals surface area contributed by atoms with Gasteiger partial charge in [-0.2, -0.15) is 0 Å². The fourth-order valence-electron chi connectivity index (χ4n) is 14.0. The standard InChI is InChI=1S/C52H64N2O2/c1-33(2)8-6-7-9-34(3)44-26-27-45-42-23-25-48-49-43-32-41(56-40-20-14-37(54)15-21-40)22-24-47(43)52(49,31-30-51(48,5)46(42)28-29-50(44,45)4)35-10-16-38(17-11-35)55-39-18-12-36(53)13-19-39/h8,10-22,24,32,34,42,44-46,48-49H,6-7,9,23,25-31,53-54H2,1-5H3. The van der Waals surface area contributed by atoms with Crippen LogP contribution < -0.4 is 20.9 Å². The molecule has 5 aliphatic rings. The van der Waals surface area contributed by atoms with E-state index < -0.39 is 0 Å². The van der Waals surface area contributed by atoms with E-state index in [2.05, 4.69) is 83.2 Å². The van der Waals surface area contributed by atoms with Crippen LogP contribution in [0.2, 0.25) is 0 Å². The first-order chi connectivity index (χ1) is 27.0. The van der Waals surface area contributed by atoms with E-state index in [9.17, 15) is 0 Å². The molecule has 4 N–H and O–H groups in total. The maximum Gasteiger partial charge on any atom is 0.127 e. The highest BCUT2D eigenvalue weighted by Crippen LogP contribution is 2.75. The first-order valence-corrected chi connectivity index (χ1v) is 21.9. The van der Waals surface area contributed by atoms with Gasteiger partial charge in [-0.05, 0) is 214 Å². The monoisotopic (exact) mass is 748 g/mol. The van der Waals surface area contributed by atoms with Gasteiger partial charge < -0.3 is 20.9 Å². The fourth-order valence-corrected chi connectivity index (χ4v) is 14.0. The molecule has 10 atom stereocenters. The number of anilines is 2. The zero-order valence-corrected chi connectivity index (χ0v) is 34.5. The molecule has 0 saturated heterocycles. The van der Waals surface area contributed by atoms with E-state index in [1.165, 1.54) is 92.9 Å². The number of rotatable bonds is 10. The third-order valence-corrected chi connectivity index (χ3v) is 16.5. The molecule has 0 aliphatic heterocycles. The normalized spacial score (nSPS) is 33.0. The number of hydrogen-bond acceptors (Lipinski definition) is 4. The molecule has 4 nitrogen and oxygen atoms in total. The Balaban J connectivity index is 1.01. The number of nitrogens with two attached hydrogens (primary N) is 2. The smallest absolute Gasteiger partial charge is 0.127 e. The molecular weight excluding hydrogens is 685 g/mol. The van der Waals surface area contributed by atoms with Crippen molar-refractivity contribution in [2.45, 2.75) is 117 Å². The van der Waals surface area contributed by atoms with Crippen LogP contribution in [0.1, 0.15) is 128 Å². The third kappa shape index (κ3) is 6.16. The minimum atomic E-state index is 0.00831. The Kier molecular flexibility index (Phi) is 9.57. The lowest BCUT2D eigenvalue weighted by Gasteiger charge is -2.68. The van der Waals surface area contributed by atoms with Crippen molar-refractivity contribution in [2.75, 3.05) is 11.5 Å². The summed E-state index contributed by atoms with van der Waals surface area (Å²) >= 11 is 0. The Hall–Kier alpha value is -4.18. The molecule has 294 valence electrons. The van der Waals surface area contributed by atoms with Crippen molar-refractivity contribution in [3.8, 4) is 23.0 Å². The van der Waals surface area contributed by atoms with Crippen LogP contribution in [-0.2, 0) is 5.41 Å². The number of benzene rings is 4. The zero-order chi connectivity index (χ0) is 38.8. The Labute approximate surface area is 336 Å². The number of ether oxygens (including phenoxy) is 2. The largest absolute Gasteiger partial charge is 0.457 e. The van der Waals surface area contributed by atoms with Crippen molar-refractivity contribution in [3.05, 3.63) is 119 Å². The fraction of sp³-hybridized carbons (Fsp3) is 0.500. The van der Waals surface area contributed by atoms with E-state index in [0.29, 0.717) is 22.7 Å².